The predicted molar refractivity (Wildman–Crippen MR) is 152 cm³/mol. The first-order valence-corrected chi connectivity index (χ1v) is 12.5. The number of furan rings is 1. The molecule has 3 nitrogen and oxygen atoms in total. The minimum Gasteiger partial charge on any atom is -0.456 e. The first-order chi connectivity index (χ1) is 18.3. The highest BCUT2D eigenvalue weighted by atomic mass is 16.3. The van der Waals surface area contributed by atoms with E-state index in [9.17, 15) is 0 Å². The number of para-hydroxylation sites is 1. The Kier molecular flexibility index (Phi) is 5.18. The maximum atomic E-state index is 6.15. The predicted octanol–water partition coefficient (Wildman–Crippen LogP) is 8.39. The molecule has 6 aromatic rings. The molecule has 0 fully saturated rings. The maximum Gasteiger partial charge on any atom is 0.145 e. The number of fused-ring (bicyclic) bond motifs is 3. The van der Waals surface area contributed by atoms with Gasteiger partial charge in [0.05, 0.1) is 5.71 Å². The summed E-state index contributed by atoms with van der Waals surface area (Å²) in [5, 5.41) is 5.91. The van der Waals surface area contributed by atoms with E-state index in [2.05, 4.69) is 108 Å². The average Bonchev–Trinajstić information content (AvgIpc) is 3.37. The third-order valence-corrected chi connectivity index (χ3v) is 6.91. The van der Waals surface area contributed by atoms with Crippen molar-refractivity contribution < 1.29 is 4.42 Å². The molecule has 7 rings (SSSR count). The van der Waals surface area contributed by atoms with E-state index in [0.717, 1.165) is 61.2 Å². The molecule has 1 atom stereocenters. The van der Waals surface area contributed by atoms with E-state index in [1.165, 1.54) is 0 Å². The summed E-state index contributed by atoms with van der Waals surface area (Å²) in [6.45, 7) is 0. The number of allylic oxidation sites excluding steroid dienone is 1. The zero-order chi connectivity index (χ0) is 24.6. The first-order valence-electron chi connectivity index (χ1n) is 12.5. The summed E-state index contributed by atoms with van der Waals surface area (Å²) in [5.41, 5.74) is 9.48. The molecule has 1 aromatic heterocycles. The molecule has 3 heteroatoms. The number of benzene rings is 5. The van der Waals surface area contributed by atoms with E-state index in [1.54, 1.807) is 0 Å². The number of aliphatic imine (C=N–C) groups is 1. The summed E-state index contributed by atoms with van der Waals surface area (Å²) in [5.74, 6) is 0. The maximum absolute atomic E-state index is 6.15. The zero-order valence-electron chi connectivity index (χ0n) is 20.1. The van der Waals surface area contributed by atoms with Crippen molar-refractivity contribution in [3.63, 3.8) is 0 Å². The number of hydrogen-bond acceptors (Lipinski definition) is 3. The molecule has 5 aromatic carbocycles. The van der Waals surface area contributed by atoms with Crippen LogP contribution in [0.2, 0.25) is 0 Å². The topological polar surface area (TPSA) is 37.5 Å². The highest BCUT2D eigenvalue weighted by molar-refractivity contribution is 6.15. The van der Waals surface area contributed by atoms with Gasteiger partial charge >= 0.3 is 0 Å². The fourth-order valence-electron chi connectivity index (χ4n) is 5.13. The molecule has 0 amide bonds. The van der Waals surface area contributed by atoms with Crippen molar-refractivity contribution >= 4 is 33.3 Å². The van der Waals surface area contributed by atoms with Crippen molar-refractivity contribution in [2.45, 2.75) is 6.17 Å². The first kappa shape index (κ1) is 21.4. The molecule has 0 saturated heterocycles. The molecule has 37 heavy (non-hydrogen) atoms. The normalized spacial score (nSPS) is 15.3. The van der Waals surface area contributed by atoms with Gasteiger partial charge in [0.1, 0.15) is 17.3 Å². The number of rotatable bonds is 4. The van der Waals surface area contributed by atoms with E-state index in [0.29, 0.717) is 0 Å². The Labute approximate surface area is 215 Å². The van der Waals surface area contributed by atoms with Gasteiger partial charge in [-0.1, -0.05) is 109 Å². The minimum atomic E-state index is -0.165. The Hall–Kier alpha value is -4.89. The van der Waals surface area contributed by atoms with Gasteiger partial charge in [-0.05, 0) is 46.5 Å². The molecule has 2 heterocycles. The third-order valence-electron chi connectivity index (χ3n) is 6.91. The van der Waals surface area contributed by atoms with E-state index < -0.39 is 0 Å². The lowest BCUT2D eigenvalue weighted by molar-refractivity contribution is 0.664. The molecule has 176 valence electrons. The van der Waals surface area contributed by atoms with Crippen molar-refractivity contribution in [2.75, 3.05) is 0 Å². The van der Waals surface area contributed by atoms with Crippen LogP contribution in [0.25, 0.3) is 38.8 Å². The molecular formula is C34H24N2O. The van der Waals surface area contributed by atoms with Crippen molar-refractivity contribution in [1.82, 2.24) is 5.32 Å². The molecule has 1 N–H and O–H groups in total. The summed E-state index contributed by atoms with van der Waals surface area (Å²) in [4.78, 5) is 5.15. The summed E-state index contributed by atoms with van der Waals surface area (Å²) in [6, 6.07) is 44.0. The SMILES string of the molecule is C1=C(c2ccccc2)NC(c2ccccc2)N=C1c1cccc(-c2cccc3oc4ccccc4c23)c1. The summed E-state index contributed by atoms with van der Waals surface area (Å²) in [7, 11) is 0. The smallest absolute Gasteiger partial charge is 0.145 e. The molecule has 0 aliphatic carbocycles. The van der Waals surface area contributed by atoms with Crippen LogP contribution >= 0.6 is 0 Å². The zero-order valence-corrected chi connectivity index (χ0v) is 20.1. The standard InChI is InChI=1S/C34H24N2O/c1-3-11-23(12-4-1)29-22-30(36-34(35-29)24-13-5-2-6-14-24)26-16-9-15-25(21-26)27-18-10-20-32-33(27)28-17-7-8-19-31(28)37-32/h1-22,34-35H. The summed E-state index contributed by atoms with van der Waals surface area (Å²) in [6.07, 6.45) is 1.99. The van der Waals surface area contributed by atoms with E-state index in [4.69, 9.17) is 9.41 Å². The Bertz CT molecular complexity index is 1800. The largest absolute Gasteiger partial charge is 0.456 e. The monoisotopic (exact) mass is 476 g/mol. The van der Waals surface area contributed by atoms with Crippen LogP contribution in [-0.2, 0) is 0 Å². The molecule has 0 bridgehead atoms. The molecule has 1 aliphatic heterocycles. The van der Waals surface area contributed by atoms with Gasteiger partial charge in [0.2, 0.25) is 0 Å². The minimum absolute atomic E-state index is 0.165. The van der Waals surface area contributed by atoms with Crippen LogP contribution in [0, 0.1) is 0 Å². The number of nitrogens with one attached hydrogen (secondary N) is 1. The van der Waals surface area contributed by atoms with Gasteiger partial charge < -0.3 is 9.73 Å². The number of hydrogen-bond donors (Lipinski definition) is 1. The lowest BCUT2D eigenvalue weighted by atomic mass is 9.95. The third kappa shape index (κ3) is 3.91. The highest BCUT2D eigenvalue weighted by Crippen LogP contribution is 2.37. The van der Waals surface area contributed by atoms with Gasteiger partial charge in [0.15, 0.2) is 0 Å². The second-order valence-electron chi connectivity index (χ2n) is 9.25. The van der Waals surface area contributed by atoms with Crippen LogP contribution in [0.3, 0.4) is 0 Å². The average molecular weight is 477 g/mol. The van der Waals surface area contributed by atoms with Crippen molar-refractivity contribution in [3.8, 4) is 11.1 Å². The van der Waals surface area contributed by atoms with Crippen molar-refractivity contribution in [1.29, 1.82) is 0 Å². The second-order valence-corrected chi connectivity index (χ2v) is 9.25. The highest BCUT2D eigenvalue weighted by Gasteiger charge is 2.20. The lowest BCUT2D eigenvalue weighted by Crippen LogP contribution is -2.24. The fourth-order valence-corrected chi connectivity index (χ4v) is 5.13. The van der Waals surface area contributed by atoms with Crippen LogP contribution in [0.15, 0.2) is 143 Å². The van der Waals surface area contributed by atoms with Crippen LogP contribution in [0.5, 0.6) is 0 Å². The van der Waals surface area contributed by atoms with Crippen LogP contribution in [0.1, 0.15) is 22.9 Å². The molecular weight excluding hydrogens is 452 g/mol. The molecule has 0 saturated carbocycles. The quantitative estimate of drug-likeness (QED) is 0.277. The van der Waals surface area contributed by atoms with Gasteiger partial charge in [-0.2, -0.15) is 0 Å². The summed E-state index contributed by atoms with van der Waals surface area (Å²) >= 11 is 0. The lowest BCUT2D eigenvalue weighted by Gasteiger charge is -2.25. The summed E-state index contributed by atoms with van der Waals surface area (Å²) < 4.78 is 6.15. The van der Waals surface area contributed by atoms with Crippen LogP contribution in [-0.4, -0.2) is 5.71 Å². The van der Waals surface area contributed by atoms with Crippen LogP contribution in [0.4, 0.5) is 0 Å². The van der Waals surface area contributed by atoms with Gasteiger partial charge in [0.25, 0.3) is 0 Å². The fraction of sp³-hybridized carbons (Fsp3) is 0.0294. The van der Waals surface area contributed by atoms with E-state index >= 15 is 0 Å². The second kappa shape index (κ2) is 8.96. The van der Waals surface area contributed by atoms with E-state index in [-0.39, 0.29) is 6.17 Å². The van der Waals surface area contributed by atoms with Gasteiger partial charge in [0, 0.05) is 22.0 Å². The molecule has 1 aliphatic rings. The molecule has 0 spiro atoms. The van der Waals surface area contributed by atoms with Gasteiger partial charge in [-0.3, -0.25) is 4.99 Å². The van der Waals surface area contributed by atoms with Gasteiger partial charge in [-0.25, -0.2) is 0 Å². The van der Waals surface area contributed by atoms with Crippen molar-refractivity contribution in [2.24, 2.45) is 4.99 Å². The Morgan fingerprint density at radius 2 is 1.27 bits per heavy atom. The van der Waals surface area contributed by atoms with Crippen molar-refractivity contribution in [3.05, 3.63) is 150 Å². The Morgan fingerprint density at radius 3 is 2.14 bits per heavy atom. The Balaban J connectivity index is 1.37. The van der Waals surface area contributed by atoms with E-state index in [1.807, 2.05) is 30.3 Å². The molecule has 1 unspecified atom stereocenters. The van der Waals surface area contributed by atoms with Gasteiger partial charge in [-0.15, -0.1) is 0 Å². The number of nitrogens with zero attached hydrogens (tertiary/aromatic N) is 1. The molecule has 0 radical (unpaired) electrons. The Morgan fingerprint density at radius 1 is 0.595 bits per heavy atom. The van der Waals surface area contributed by atoms with Crippen LogP contribution < -0.4 is 5.32 Å².